The Kier molecular flexibility index (Phi) is 4.95. The van der Waals surface area contributed by atoms with E-state index >= 15 is 0 Å². The van der Waals surface area contributed by atoms with Gasteiger partial charge in [0.1, 0.15) is 23.0 Å². The maximum absolute atomic E-state index is 5.99. The second-order valence-electron chi connectivity index (χ2n) is 6.36. The van der Waals surface area contributed by atoms with Crippen molar-refractivity contribution in [1.82, 2.24) is 9.97 Å². The van der Waals surface area contributed by atoms with Crippen LogP contribution in [0.5, 0.6) is 11.5 Å². The summed E-state index contributed by atoms with van der Waals surface area (Å²) < 4.78 is 10.6. The van der Waals surface area contributed by atoms with Gasteiger partial charge < -0.3 is 25.5 Å². The molecule has 6 heteroatoms. The number of aromatic nitrogens is 2. The summed E-state index contributed by atoms with van der Waals surface area (Å²) >= 11 is 0. The van der Waals surface area contributed by atoms with Crippen molar-refractivity contribution in [1.29, 1.82) is 0 Å². The first-order chi connectivity index (χ1) is 14.2. The zero-order chi connectivity index (χ0) is 20.2. The zero-order valence-electron chi connectivity index (χ0n) is 16.1. The van der Waals surface area contributed by atoms with Crippen LogP contribution in [0.15, 0.2) is 60.8 Å². The largest absolute Gasteiger partial charge is 0.497 e. The lowest BCUT2D eigenvalue weighted by Crippen LogP contribution is -1.97. The fraction of sp³-hybridized carbons (Fsp3) is 0.0870. The van der Waals surface area contributed by atoms with Crippen molar-refractivity contribution in [3.8, 4) is 23.3 Å². The molecular weight excluding hydrogens is 364 g/mol. The highest BCUT2D eigenvalue weighted by atomic mass is 16.5. The van der Waals surface area contributed by atoms with Gasteiger partial charge in [0, 0.05) is 23.2 Å². The van der Waals surface area contributed by atoms with Gasteiger partial charge in [-0.25, -0.2) is 4.98 Å². The van der Waals surface area contributed by atoms with Crippen molar-refractivity contribution in [2.24, 2.45) is 0 Å². The Bertz CT molecular complexity index is 1210. The molecule has 29 heavy (non-hydrogen) atoms. The summed E-state index contributed by atoms with van der Waals surface area (Å²) in [6.07, 6.45) is 1.85. The minimum Gasteiger partial charge on any atom is -0.497 e. The van der Waals surface area contributed by atoms with E-state index in [2.05, 4.69) is 27.1 Å². The van der Waals surface area contributed by atoms with Crippen LogP contribution in [0.25, 0.3) is 11.0 Å². The number of fused-ring (bicyclic) bond motifs is 1. The molecule has 2 aromatic carbocycles. The number of anilines is 3. The molecule has 0 aliphatic heterocycles. The molecule has 4 N–H and O–H groups in total. The molecule has 6 nitrogen and oxygen atoms in total. The second-order valence-corrected chi connectivity index (χ2v) is 6.36. The maximum atomic E-state index is 5.99. The molecule has 0 aliphatic carbocycles. The highest BCUT2D eigenvalue weighted by Crippen LogP contribution is 2.25. The molecular formula is C23H20N4O2. The topological polar surface area (TPSA) is 85.2 Å². The summed E-state index contributed by atoms with van der Waals surface area (Å²) in [5, 5.41) is 4.18. The molecule has 144 valence electrons. The number of para-hydroxylation sites is 2. The number of pyridine rings is 1. The number of benzene rings is 2. The summed E-state index contributed by atoms with van der Waals surface area (Å²) in [7, 11) is 3.23. The molecule has 0 saturated carbocycles. The quantitative estimate of drug-likeness (QED) is 0.361. The molecule has 2 heterocycles. The SMILES string of the molecule is COc1cc(C#Cc2c[nH]c3nc(Nc4ccccc4N)ccc23)cc(OC)c1. The number of rotatable bonds is 4. The number of hydrogen-bond donors (Lipinski definition) is 3. The lowest BCUT2D eigenvalue weighted by atomic mass is 10.1. The number of hydrogen-bond acceptors (Lipinski definition) is 5. The van der Waals surface area contributed by atoms with E-state index in [1.54, 1.807) is 14.2 Å². The lowest BCUT2D eigenvalue weighted by Gasteiger charge is -2.08. The standard InChI is InChI=1S/C23H20N4O2/c1-28-17-11-15(12-18(13-17)29-2)7-8-16-14-25-23-19(16)9-10-22(27-23)26-21-6-4-3-5-20(21)24/h3-6,9-14H,24H2,1-2H3,(H2,25,26,27). The Morgan fingerprint density at radius 2 is 1.72 bits per heavy atom. The Hall–Kier alpha value is -4.11. The van der Waals surface area contributed by atoms with Crippen molar-refractivity contribution < 1.29 is 9.47 Å². The van der Waals surface area contributed by atoms with Crippen molar-refractivity contribution >= 4 is 28.2 Å². The number of nitrogens with two attached hydrogens (primary N) is 1. The van der Waals surface area contributed by atoms with E-state index < -0.39 is 0 Å². The first-order valence-corrected chi connectivity index (χ1v) is 9.01. The van der Waals surface area contributed by atoms with Crippen molar-refractivity contribution in [3.63, 3.8) is 0 Å². The van der Waals surface area contributed by atoms with E-state index in [-0.39, 0.29) is 0 Å². The molecule has 0 spiro atoms. The van der Waals surface area contributed by atoms with E-state index in [4.69, 9.17) is 15.2 Å². The van der Waals surface area contributed by atoms with Crippen LogP contribution in [0.1, 0.15) is 11.1 Å². The second kappa shape index (κ2) is 7.87. The Labute approximate surface area is 168 Å². The van der Waals surface area contributed by atoms with Crippen LogP contribution in [0.3, 0.4) is 0 Å². The van der Waals surface area contributed by atoms with E-state index in [0.717, 1.165) is 27.8 Å². The maximum Gasteiger partial charge on any atom is 0.141 e. The van der Waals surface area contributed by atoms with E-state index in [1.165, 1.54) is 0 Å². The van der Waals surface area contributed by atoms with E-state index in [0.29, 0.717) is 23.0 Å². The molecule has 0 amide bonds. The fourth-order valence-electron chi connectivity index (χ4n) is 2.95. The number of aromatic amines is 1. The predicted octanol–water partition coefficient (Wildman–Crippen LogP) is 4.31. The summed E-state index contributed by atoms with van der Waals surface area (Å²) in [6, 6.07) is 17.0. The normalized spacial score (nSPS) is 10.3. The van der Waals surface area contributed by atoms with Crippen LogP contribution in [-0.2, 0) is 0 Å². The predicted molar refractivity (Wildman–Crippen MR) is 116 cm³/mol. The highest BCUT2D eigenvalue weighted by molar-refractivity contribution is 5.85. The Morgan fingerprint density at radius 1 is 0.966 bits per heavy atom. The Morgan fingerprint density at radius 3 is 2.45 bits per heavy atom. The first-order valence-electron chi connectivity index (χ1n) is 9.01. The van der Waals surface area contributed by atoms with Crippen LogP contribution in [-0.4, -0.2) is 24.2 Å². The third kappa shape index (κ3) is 3.94. The van der Waals surface area contributed by atoms with Crippen LogP contribution in [0, 0.1) is 11.8 Å². The summed E-state index contributed by atoms with van der Waals surface area (Å²) in [4.78, 5) is 7.79. The minimum atomic E-state index is 0.668. The van der Waals surface area contributed by atoms with Gasteiger partial charge in [-0.15, -0.1) is 0 Å². The van der Waals surface area contributed by atoms with Crippen LogP contribution < -0.4 is 20.5 Å². The van der Waals surface area contributed by atoms with Crippen molar-refractivity contribution in [3.05, 3.63) is 71.9 Å². The molecule has 4 aromatic rings. The van der Waals surface area contributed by atoms with Gasteiger partial charge in [-0.05, 0) is 36.4 Å². The smallest absolute Gasteiger partial charge is 0.141 e. The summed E-state index contributed by atoms with van der Waals surface area (Å²) in [5.41, 5.74) is 9.89. The van der Waals surface area contributed by atoms with Gasteiger partial charge in [-0.1, -0.05) is 24.0 Å². The number of ether oxygens (including phenoxy) is 2. The van der Waals surface area contributed by atoms with Crippen LogP contribution >= 0.6 is 0 Å². The Balaban J connectivity index is 1.62. The van der Waals surface area contributed by atoms with Gasteiger partial charge >= 0.3 is 0 Å². The van der Waals surface area contributed by atoms with Gasteiger partial charge in [0.2, 0.25) is 0 Å². The summed E-state index contributed by atoms with van der Waals surface area (Å²) in [5.74, 6) is 8.45. The van der Waals surface area contributed by atoms with Gasteiger partial charge in [0.25, 0.3) is 0 Å². The lowest BCUT2D eigenvalue weighted by molar-refractivity contribution is 0.394. The number of methoxy groups -OCH3 is 2. The molecule has 4 rings (SSSR count). The zero-order valence-corrected chi connectivity index (χ0v) is 16.1. The molecule has 0 aliphatic rings. The minimum absolute atomic E-state index is 0.668. The molecule has 0 radical (unpaired) electrons. The third-order valence-corrected chi connectivity index (χ3v) is 4.46. The van der Waals surface area contributed by atoms with Gasteiger partial charge in [0.05, 0.1) is 31.2 Å². The van der Waals surface area contributed by atoms with Crippen molar-refractivity contribution in [2.75, 3.05) is 25.3 Å². The van der Waals surface area contributed by atoms with E-state index in [9.17, 15) is 0 Å². The molecule has 0 fully saturated rings. The van der Waals surface area contributed by atoms with Crippen LogP contribution in [0.2, 0.25) is 0 Å². The monoisotopic (exact) mass is 384 g/mol. The summed E-state index contributed by atoms with van der Waals surface area (Å²) in [6.45, 7) is 0. The number of nitrogen functional groups attached to an aromatic ring is 1. The van der Waals surface area contributed by atoms with E-state index in [1.807, 2.05) is 60.8 Å². The van der Waals surface area contributed by atoms with Gasteiger partial charge in [-0.2, -0.15) is 0 Å². The number of nitrogens with zero attached hydrogens (tertiary/aromatic N) is 1. The molecule has 0 atom stereocenters. The molecule has 0 bridgehead atoms. The first kappa shape index (κ1) is 18.3. The third-order valence-electron chi connectivity index (χ3n) is 4.46. The fourth-order valence-corrected chi connectivity index (χ4v) is 2.95. The number of H-pyrrole nitrogens is 1. The van der Waals surface area contributed by atoms with Crippen LogP contribution in [0.4, 0.5) is 17.2 Å². The van der Waals surface area contributed by atoms with Gasteiger partial charge in [0.15, 0.2) is 0 Å². The van der Waals surface area contributed by atoms with Crippen molar-refractivity contribution in [2.45, 2.75) is 0 Å². The highest BCUT2D eigenvalue weighted by Gasteiger charge is 2.06. The molecule has 2 aromatic heterocycles. The molecule has 0 saturated heterocycles. The molecule has 0 unspecified atom stereocenters. The average Bonchev–Trinajstić information content (AvgIpc) is 3.16. The average molecular weight is 384 g/mol. The number of nitrogens with one attached hydrogen (secondary N) is 2. The van der Waals surface area contributed by atoms with Gasteiger partial charge in [-0.3, -0.25) is 0 Å².